The number of methoxy groups -OCH3 is 1. The van der Waals surface area contributed by atoms with Gasteiger partial charge in [0.05, 0.1) is 13.7 Å². The lowest BCUT2D eigenvalue weighted by Gasteiger charge is -2.09. The molecule has 1 N–H and O–H groups in total. The van der Waals surface area contributed by atoms with E-state index in [1.807, 2.05) is 6.92 Å². The molecule has 0 radical (unpaired) electrons. The van der Waals surface area contributed by atoms with Crippen LogP contribution in [0.25, 0.3) is 6.08 Å². The fraction of sp³-hybridized carbons (Fsp3) is 0.238. The van der Waals surface area contributed by atoms with Gasteiger partial charge in [0.1, 0.15) is 5.82 Å². The summed E-state index contributed by atoms with van der Waals surface area (Å²) in [6.45, 7) is 2.16. The summed E-state index contributed by atoms with van der Waals surface area (Å²) in [5.41, 5.74) is 1.47. The van der Waals surface area contributed by atoms with Crippen molar-refractivity contribution < 1.29 is 28.2 Å². The van der Waals surface area contributed by atoms with Gasteiger partial charge in [0.15, 0.2) is 18.1 Å². The molecule has 1 amide bonds. The highest BCUT2D eigenvalue weighted by Crippen LogP contribution is 2.28. The molecule has 0 saturated heterocycles. The third kappa shape index (κ3) is 6.75. The average Bonchev–Trinajstić information content (AvgIpc) is 2.70. The molecule has 0 unspecified atom stereocenters. The SMILES string of the molecule is CCOc1cc(/C=C/C(=O)OCC(=O)NCc2ccc(F)cc2)ccc1OC. The van der Waals surface area contributed by atoms with Gasteiger partial charge in [-0.05, 0) is 48.4 Å². The number of ether oxygens (including phenoxy) is 3. The van der Waals surface area contributed by atoms with Crippen molar-refractivity contribution in [2.24, 2.45) is 0 Å². The maximum atomic E-state index is 12.8. The van der Waals surface area contributed by atoms with Crippen molar-refractivity contribution in [1.29, 1.82) is 0 Å². The zero-order valence-electron chi connectivity index (χ0n) is 15.7. The molecule has 0 aliphatic rings. The minimum atomic E-state index is -0.647. The van der Waals surface area contributed by atoms with Crippen LogP contribution in [0.3, 0.4) is 0 Å². The molecular formula is C21H22FNO5. The highest BCUT2D eigenvalue weighted by atomic mass is 19.1. The first-order valence-corrected chi connectivity index (χ1v) is 8.68. The number of halogens is 1. The van der Waals surface area contributed by atoms with E-state index in [1.54, 1.807) is 43.5 Å². The molecule has 2 aromatic carbocycles. The number of carbonyl (C=O) groups excluding carboxylic acids is 2. The molecule has 0 bridgehead atoms. The Balaban J connectivity index is 1.80. The molecule has 2 rings (SSSR count). The molecule has 6 nitrogen and oxygen atoms in total. The first-order chi connectivity index (χ1) is 13.5. The van der Waals surface area contributed by atoms with Crippen molar-refractivity contribution in [3.63, 3.8) is 0 Å². The Morgan fingerprint density at radius 1 is 1.11 bits per heavy atom. The van der Waals surface area contributed by atoms with Crippen LogP contribution in [0.15, 0.2) is 48.5 Å². The number of rotatable bonds is 9. The summed E-state index contributed by atoms with van der Waals surface area (Å²) in [5, 5.41) is 2.59. The fourth-order valence-electron chi connectivity index (χ4n) is 2.27. The second-order valence-corrected chi connectivity index (χ2v) is 5.69. The molecular weight excluding hydrogens is 365 g/mol. The third-order valence-electron chi connectivity index (χ3n) is 3.65. The van der Waals surface area contributed by atoms with Crippen LogP contribution in [0.2, 0.25) is 0 Å². The largest absolute Gasteiger partial charge is 0.493 e. The van der Waals surface area contributed by atoms with E-state index in [0.29, 0.717) is 18.1 Å². The predicted molar refractivity (Wildman–Crippen MR) is 102 cm³/mol. The molecule has 28 heavy (non-hydrogen) atoms. The normalized spacial score (nSPS) is 10.5. The van der Waals surface area contributed by atoms with E-state index in [1.165, 1.54) is 18.2 Å². The summed E-state index contributed by atoms with van der Waals surface area (Å²) in [6.07, 6.45) is 2.78. The summed E-state index contributed by atoms with van der Waals surface area (Å²) in [5.74, 6) is -0.277. The standard InChI is InChI=1S/C21H22FNO5/c1-3-27-19-12-15(6-10-18(19)26-2)7-11-21(25)28-14-20(24)23-13-16-4-8-17(22)9-5-16/h4-12H,3,13-14H2,1-2H3,(H,23,24)/b11-7+. The smallest absolute Gasteiger partial charge is 0.331 e. The first-order valence-electron chi connectivity index (χ1n) is 8.68. The van der Waals surface area contributed by atoms with Gasteiger partial charge in [0, 0.05) is 12.6 Å². The van der Waals surface area contributed by atoms with Crippen LogP contribution in [0.4, 0.5) is 4.39 Å². The lowest BCUT2D eigenvalue weighted by molar-refractivity contribution is -0.143. The number of hydrogen-bond donors (Lipinski definition) is 1. The summed E-state index contributed by atoms with van der Waals surface area (Å²) < 4.78 is 28.4. The van der Waals surface area contributed by atoms with Crippen LogP contribution < -0.4 is 14.8 Å². The van der Waals surface area contributed by atoms with Crippen molar-refractivity contribution in [3.05, 3.63) is 65.5 Å². The number of benzene rings is 2. The number of hydrogen-bond acceptors (Lipinski definition) is 5. The average molecular weight is 387 g/mol. The minimum absolute atomic E-state index is 0.221. The topological polar surface area (TPSA) is 73.9 Å². The summed E-state index contributed by atoms with van der Waals surface area (Å²) in [7, 11) is 1.55. The molecule has 0 heterocycles. The highest BCUT2D eigenvalue weighted by Gasteiger charge is 2.07. The van der Waals surface area contributed by atoms with Gasteiger partial charge in [-0.1, -0.05) is 18.2 Å². The summed E-state index contributed by atoms with van der Waals surface area (Å²) in [6, 6.07) is 11.0. The van der Waals surface area contributed by atoms with Gasteiger partial charge in [0.2, 0.25) is 0 Å². The molecule has 0 spiro atoms. The van der Waals surface area contributed by atoms with E-state index in [2.05, 4.69) is 5.32 Å². The predicted octanol–water partition coefficient (Wildman–Crippen LogP) is 3.11. The minimum Gasteiger partial charge on any atom is -0.493 e. The Labute approximate surface area is 162 Å². The molecule has 0 aliphatic carbocycles. The second-order valence-electron chi connectivity index (χ2n) is 5.69. The Hall–Kier alpha value is -3.35. The van der Waals surface area contributed by atoms with Crippen LogP contribution in [0.1, 0.15) is 18.1 Å². The zero-order chi connectivity index (χ0) is 20.4. The highest BCUT2D eigenvalue weighted by molar-refractivity contribution is 5.89. The molecule has 0 atom stereocenters. The number of nitrogens with one attached hydrogen (secondary N) is 1. The Kier molecular flexibility index (Phi) is 8.02. The van der Waals surface area contributed by atoms with Crippen LogP contribution in [0.5, 0.6) is 11.5 Å². The van der Waals surface area contributed by atoms with Crippen molar-refractivity contribution >= 4 is 18.0 Å². The van der Waals surface area contributed by atoms with Gasteiger partial charge >= 0.3 is 5.97 Å². The lowest BCUT2D eigenvalue weighted by Crippen LogP contribution is -2.28. The number of esters is 1. The summed E-state index contributed by atoms with van der Waals surface area (Å²) in [4.78, 5) is 23.5. The van der Waals surface area contributed by atoms with Crippen LogP contribution in [-0.4, -0.2) is 32.2 Å². The van der Waals surface area contributed by atoms with Crippen LogP contribution in [-0.2, 0) is 20.9 Å². The van der Waals surface area contributed by atoms with Crippen LogP contribution >= 0.6 is 0 Å². The van der Waals surface area contributed by atoms with Crippen molar-refractivity contribution in [3.8, 4) is 11.5 Å². The first kappa shape index (κ1) is 21.0. The number of amides is 1. The van der Waals surface area contributed by atoms with Gasteiger partial charge in [-0.15, -0.1) is 0 Å². The Morgan fingerprint density at radius 2 is 1.86 bits per heavy atom. The van der Waals surface area contributed by atoms with Gasteiger partial charge in [-0.2, -0.15) is 0 Å². The Bertz CT molecular complexity index is 833. The molecule has 0 aromatic heterocycles. The molecule has 7 heteroatoms. The zero-order valence-corrected chi connectivity index (χ0v) is 15.7. The summed E-state index contributed by atoms with van der Waals surface area (Å²) >= 11 is 0. The maximum absolute atomic E-state index is 12.8. The second kappa shape index (κ2) is 10.7. The van der Waals surface area contributed by atoms with Crippen molar-refractivity contribution in [2.75, 3.05) is 20.3 Å². The molecule has 0 aliphatic heterocycles. The van der Waals surface area contributed by atoms with Crippen molar-refractivity contribution in [1.82, 2.24) is 5.32 Å². The quantitative estimate of drug-likeness (QED) is 0.529. The number of carbonyl (C=O) groups is 2. The van der Waals surface area contributed by atoms with Crippen LogP contribution in [0, 0.1) is 5.82 Å². The monoisotopic (exact) mass is 387 g/mol. The maximum Gasteiger partial charge on any atom is 0.331 e. The van der Waals surface area contributed by atoms with Gasteiger partial charge in [-0.25, -0.2) is 9.18 Å². The van der Waals surface area contributed by atoms with Gasteiger partial charge < -0.3 is 19.5 Å². The van der Waals surface area contributed by atoms with E-state index in [-0.39, 0.29) is 12.4 Å². The lowest BCUT2D eigenvalue weighted by atomic mass is 10.2. The van der Waals surface area contributed by atoms with E-state index < -0.39 is 18.5 Å². The van der Waals surface area contributed by atoms with E-state index in [0.717, 1.165) is 11.1 Å². The Morgan fingerprint density at radius 3 is 2.54 bits per heavy atom. The van der Waals surface area contributed by atoms with E-state index in [4.69, 9.17) is 14.2 Å². The van der Waals surface area contributed by atoms with Gasteiger partial charge in [0.25, 0.3) is 5.91 Å². The third-order valence-corrected chi connectivity index (χ3v) is 3.65. The molecule has 2 aromatic rings. The molecule has 0 fully saturated rings. The molecule has 0 saturated carbocycles. The van der Waals surface area contributed by atoms with E-state index >= 15 is 0 Å². The van der Waals surface area contributed by atoms with Crippen molar-refractivity contribution in [2.45, 2.75) is 13.5 Å². The van der Waals surface area contributed by atoms with E-state index in [9.17, 15) is 14.0 Å². The molecule has 148 valence electrons. The van der Waals surface area contributed by atoms with Gasteiger partial charge in [-0.3, -0.25) is 4.79 Å². The fourth-order valence-corrected chi connectivity index (χ4v) is 2.27.